The summed E-state index contributed by atoms with van der Waals surface area (Å²) in [5.74, 6) is 0.522. The lowest BCUT2D eigenvalue weighted by Crippen LogP contribution is -2.07. The fraction of sp³-hybridized carbons (Fsp3) is 0.375. The molecule has 2 heterocycles. The van der Waals surface area contributed by atoms with Gasteiger partial charge >= 0.3 is 0 Å². The highest BCUT2D eigenvalue weighted by molar-refractivity contribution is 7.17. The van der Waals surface area contributed by atoms with Crippen molar-refractivity contribution < 1.29 is 0 Å². The lowest BCUT2D eigenvalue weighted by molar-refractivity contribution is 0.734. The number of nitrogens with two attached hydrogens (primary N) is 1. The highest BCUT2D eigenvalue weighted by Crippen LogP contribution is 2.16. The zero-order valence-electron chi connectivity index (χ0n) is 7.27. The lowest BCUT2D eigenvalue weighted by atomic mass is 10.1. The first kappa shape index (κ1) is 8.37. The number of rotatable bonds is 1. The van der Waals surface area contributed by atoms with Crippen LogP contribution in [0.4, 0.5) is 5.13 Å². The highest BCUT2D eigenvalue weighted by atomic mass is 32.1. The molecule has 1 unspecified atom stereocenters. The minimum absolute atomic E-state index is 0.490. The van der Waals surface area contributed by atoms with Gasteiger partial charge in [0, 0.05) is 6.54 Å². The monoisotopic (exact) mass is 194 g/mol. The molecule has 0 amide bonds. The van der Waals surface area contributed by atoms with E-state index in [1.54, 1.807) is 0 Å². The molecule has 2 rings (SSSR count). The molecule has 5 heteroatoms. The van der Waals surface area contributed by atoms with E-state index in [4.69, 9.17) is 5.73 Å². The molecule has 4 nitrogen and oxygen atoms in total. The number of allylic oxidation sites excluding steroid dienone is 1. The summed E-state index contributed by atoms with van der Waals surface area (Å²) >= 11 is 1.37. The molecular weight excluding hydrogens is 184 g/mol. The first-order chi connectivity index (χ1) is 6.25. The van der Waals surface area contributed by atoms with Crippen molar-refractivity contribution in [2.45, 2.75) is 6.92 Å². The van der Waals surface area contributed by atoms with Crippen LogP contribution in [0.1, 0.15) is 11.9 Å². The molecule has 0 saturated carbocycles. The minimum atomic E-state index is 0.490. The highest BCUT2D eigenvalue weighted by Gasteiger charge is 2.10. The Hall–Kier alpha value is -1.23. The predicted octanol–water partition coefficient (Wildman–Crippen LogP) is 1.12. The Morgan fingerprint density at radius 3 is 2.92 bits per heavy atom. The van der Waals surface area contributed by atoms with Crippen molar-refractivity contribution in [2.75, 3.05) is 12.3 Å². The van der Waals surface area contributed by atoms with Crippen LogP contribution in [-0.2, 0) is 0 Å². The van der Waals surface area contributed by atoms with E-state index in [1.807, 2.05) is 6.08 Å². The van der Waals surface area contributed by atoms with E-state index in [0.29, 0.717) is 11.0 Å². The van der Waals surface area contributed by atoms with Gasteiger partial charge in [0.15, 0.2) is 5.01 Å². The fourth-order valence-corrected chi connectivity index (χ4v) is 1.69. The number of nitrogens with zero attached hydrogens (tertiary/aromatic N) is 3. The summed E-state index contributed by atoms with van der Waals surface area (Å²) in [5, 5.41) is 8.97. The molecule has 2 N–H and O–H groups in total. The topological polar surface area (TPSA) is 64.2 Å². The molecule has 68 valence electrons. The van der Waals surface area contributed by atoms with E-state index in [2.05, 4.69) is 28.2 Å². The summed E-state index contributed by atoms with van der Waals surface area (Å²) in [6.07, 6.45) is 4.11. The minimum Gasteiger partial charge on any atom is -0.374 e. The molecule has 1 aromatic rings. The van der Waals surface area contributed by atoms with Gasteiger partial charge < -0.3 is 5.73 Å². The largest absolute Gasteiger partial charge is 0.374 e. The molecule has 0 aromatic carbocycles. The first-order valence-corrected chi connectivity index (χ1v) is 4.89. The van der Waals surface area contributed by atoms with E-state index in [9.17, 15) is 0 Å². The Balaban J connectivity index is 2.24. The Morgan fingerprint density at radius 2 is 2.38 bits per heavy atom. The molecule has 0 radical (unpaired) electrons. The first-order valence-electron chi connectivity index (χ1n) is 4.07. The number of hydrogen-bond acceptors (Lipinski definition) is 5. The van der Waals surface area contributed by atoms with Gasteiger partial charge in [-0.3, -0.25) is 4.99 Å². The summed E-state index contributed by atoms with van der Waals surface area (Å²) < 4.78 is 0. The van der Waals surface area contributed by atoms with Crippen molar-refractivity contribution in [3.8, 4) is 0 Å². The van der Waals surface area contributed by atoms with Crippen molar-refractivity contribution in [1.29, 1.82) is 0 Å². The normalized spacial score (nSPS) is 21.6. The third-order valence-electron chi connectivity index (χ3n) is 1.79. The van der Waals surface area contributed by atoms with Crippen LogP contribution >= 0.6 is 11.3 Å². The van der Waals surface area contributed by atoms with Gasteiger partial charge in [0.05, 0.1) is 5.71 Å². The molecule has 13 heavy (non-hydrogen) atoms. The maximum absolute atomic E-state index is 5.48. The number of nitrogen functional groups attached to an aromatic ring is 1. The quantitative estimate of drug-likeness (QED) is 0.728. The molecular formula is C8H10N4S. The van der Waals surface area contributed by atoms with E-state index >= 15 is 0 Å². The maximum Gasteiger partial charge on any atom is 0.203 e. The third kappa shape index (κ3) is 1.75. The van der Waals surface area contributed by atoms with Crippen LogP contribution in [0.2, 0.25) is 0 Å². The van der Waals surface area contributed by atoms with E-state index in [-0.39, 0.29) is 0 Å². The molecule has 0 bridgehead atoms. The van der Waals surface area contributed by atoms with Crippen LogP contribution in [0.5, 0.6) is 0 Å². The van der Waals surface area contributed by atoms with Crippen LogP contribution in [-0.4, -0.2) is 22.5 Å². The number of aliphatic imine (C=N–C) groups is 1. The molecule has 0 aliphatic carbocycles. The average molecular weight is 194 g/mol. The lowest BCUT2D eigenvalue weighted by Gasteiger charge is -2.08. The van der Waals surface area contributed by atoms with Crippen LogP contribution in [0.3, 0.4) is 0 Å². The number of anilines is 1. The van der Waals surface area contributed by atoms with Gasteiger partial charge in [0.2, 0.25) is 5.13 Å². The molecule has 0 spiro atoms. The summed E-state index contributed by atoms with van der Waals surface area (Å²) in [6.45, 7) is 2.95. The van der Waals surface area contributed by atoms with Gasteiger partial charge in [-0.25, -0.2) is 0 Å². The summed E-state index contributed by atoms with van der Waals surface area (Å²) in [6, 6.07) is 0. The molecule has 1 aromatic heterocycles. The fourth-order valence-electron chi connectivity index (χ4n) is 1.09. The SMILES string of the molecule is CC1C=CC(c2nnc(N)s2)=NC1. The Kier molecular flexibility index (Phi) is 2.10. The Bertz CT molecular complexity index is 366. The zero-order valence-corrected chi connectivity index (χ0v) is 8.08. The van der Waals surface area contributed by atoms with Gasteiger partial charge in [-0.2, -0.15) is 0 Å². The second kappa shape index (κ2) is 3.26. The Morgan fingerprint density at radius 1 is 1.54 bits per heavy atom. The van der Waals surface area contributed by atoms with Crippen LogP contribution in [0.25, 0.3) is 0 Å². The smallest absolute Gasteiger partial charge is 0.203 e. The van der Waals surface area contributed by atoms with Gasteiger partial charge in [-0.05, 0) is 12.0 Å². The van der Waals surface area contributed by atoms with Crippen molar-refractivity contribution in [2.24, 2.45) is 10.9 Å². The van der Waals surface area contributed by atoms with Gasteiger partial charge in [-0.15, -0.1) is 10.2 Å². The summed E-state index contributed by atoms with van der Waals surface area (Å²) in [7, 11) is 0. The summed E-state index contributed by atoms with van der Waals surface area (Å²) in [4.78, 5) is 4.38. The van der Waals surface area contributed by atoms with E-state index in [0.717, 1.165) is 17.3 Å². The van der Waals surface area contributed by atoms with Crippen molar-refractivity contribution >= 4 is 22.2 Å². The van der Waals surface area contributed by atoms with E-state index in [1.165, 1.54) is 11.3 Å². The average Bonchev–Trinajstić information content (AvgIpc) is 2.53. The van der Waals surface area contributed by atoms with Crippen LogP contribution in [0, 0.1) is 5.92 Å². The second-order valence-electron chi connectivity index (χ2n) is 3.01. The maximum atomic E-state index is 5.48. The second-order valence-corrected chi connectivity index (χ2v) is 4.02. The molecule has 1 aliphatic heterocycles. The Labute approximate surface area is 80.2 Å². The van der Waals surface area contributed by atoms with Gasteiger partial charge in [0.1, 0.15) is 0 Å². The molecule has 0 fully saturated rings. The molecule has 0 saturated heterocycles. The van der Waals surface area contributed by atoms with Crippen LogP contribution < -0.4 is 5.73 Å². The number of aromatic nitrogens is 2. The summed E-state index contributed by atoms with van der Waals surface area (Å²) in [5.41, 5.74) is 6.37. The standard InChI is InChI=1S/C8H10N4S/c1-5-2-3-6(10-4-5)7-11-12-8(9)13-7/h2-3,5H,4H2,1H3,(H2,9,12). The van der Waals surface area contributed by atoms with Gasteiger partial charge in [0.25, 0.3) is 0 Å². The van der Waals surface area contributed by atoms with Crippen molar-refractivity contribution in [3.63, 3.8) is 0 Å². The van der Waals surface area contributed by atoms with Crippen molar-refractivity contribution in [3.05, 3.63) is 17.2 Å². The van der Waals surface area contributed by atoms with Crippen molar-refractivity contribution in [1.82, 2.24) is 10.2 Å². The van der Waals surface area contributed by atoms with Crippen LogP contribution in [0.15, 0.2) is 17.1 Å². The van der Waals surface area contributed by atoms with E-state index < -0.39 is 0 Å². The zero-order chi connectivity index (χ0) is 9.26. The van der Waals surface area contributed by atoms with Gasteiger partial charge in [-0.1, -0.05) is 24.3 Å². The molecule has 1 aliphatic rings. The number of dihydropyridines is 1. The third-order valence-corrected chi connectivity index (χ3v) is 2.57. The number of hydrogen-bond donors (Lipinski definition) is 1. The predicted molar refractivity (Wildman–Crippen MR) is 54.0 cm³/mol. The molecule has 1 atom stereocenters.